The summed E-state index contributed by atoms with van der Waals surface area (Å²) in [4.78, 5) is 4.16. The van der Waals surface area contributed by atoms with E-state index in [0.717, 1.165) is 17.2 Å². The number of hydrogen-bond donors (Lipinski definition) is 0. The standard InChI is InChI=1S/C11H13ClN2S/c1-2-3-4-7-15-11-10(12)9(8-13)5-6-14-11/h5-6H,2-4,7H2,1H3. The lowest BCUT2D eigenvalue weighted by Crippen LogP contribution is -1.87. The predicted molar refractivity (Wildman–Crippen MR) is 64.2 cm³/mol. The maximum absolute atomic E-state index is 8.78. The number of nitriles is 1. The number of unbranched alkanes of at least 4 members (excludes halogenated alkanes) is 2. The van der Waals surface area contributed by atoms with Gasteiger partial charge in [-0.15, -0.1) is 11.8 Å². The molecule has 0 atom stereocenters. The second-order valence-corrected chi connectivity index (χ2v) is 4.61. The Kier molecular flexibility index (Phi) is 5.52. The third kappa shape index (κ3) is 3.73. The summed E-state index contributed by atoms with van der Waals surface area (Å²) in [6.07, 6.45) is 5.23. The van der Waals surface area contributed by atoms with E-state index in [1.165, 1.54) is 12.8 Å². The summed E-state index contributed by atoms with van der Waals surface area (Å²) >= 11 is 7.64. The Morgan fingerprint density at radius 1 is 1.53 bits per heavy atom. The van der Waals surface area contributed by atoms with Crippen LogP contribution in [0.1, 0.15) is 31.7 Å². The summed E-state index contributed by atoms with van der Waals surface area (Å²) in [6, 6.07) is 3.69. The second-order valence-electron chi connectivity index (χ2n) is 3.15. The summed E-state index contributed by atoms with van der Waals surface area (Å²) in [7, 11) is 0. The van der Waals surface area contributed by atoms with Crippen molar-refractivity contribution in [3.63, 3.8) is 0 Å². The molecule has 0 saturated heterocycles. The van der Waals surface area contributed by atoms with E-state index in [9.17, 15) is 0 Å². The summed E-state index contributed by atoms with van der Waals surface area (Å²) < 4.78 is 0. The Hall–Kier alpha value is -0.720. The lowest BCUT2D eigenvalue weighted by atomic mass is 10.3. The normalized spacial score (nSPS) is 9.93. The van der Waals surface area contributed by atoms with Crippen LogP contribution in [0.5, 0.6) is 0 Å². The molecule has 80 valence electrons. The van der Waals surface area contributed by atoms with Crippen LogP contribution in [-0.4, -0.2) is 10.7 Å². The first kappa shape index (κ1) is 12.4. The fourth-order valence-corrected chi connectivity index (χ4v) is 2.36. The molecule has 0 fully saturated rings. The molecular formula is C11H13ClN2S. The van der Waals surface area contributed by atoms with Crippen LogP contribution >= 0.6 is 23.4 Å². The number of aromatic nitrogens is 1. The van der Waals surface area contributed by atoms with Crippen LogP contribution in [0, 0.1) is 11.3 Å². The molecule has 15 heavy (non-hydrogen) atoms. The maximum Gasteiger partial charge on any atom is 0.116 e. The van der Waals surface area contributed by atoms with Gasteiger partial charge in [0.25, 0.3) is 0 Å². The zero-order chi connectivity index (χ0) is 11.1. The average molecular weight is 241 g/mol. The van der Waals surface area contributed by atoms with Crippen LogP contribution in [0.3, 0.4) is 0 Å². The number of thioether (sulfide) groups is 1. The van der Waals surface area contributed by atoms with Gasteiger partial charge >= 0.3 is 0 Å². The molecule has 0 aliphatic carbocycles. The van der Waals surface area contributed by atoms with Crippen LogP contribution in [0.2, 0.25) is 5.02 Å². The van der Waals surface area contributed by atoms with Gasteiger partial charge in [-0.2, -0.15) is 5.26 Å². The minimum atomic E-state index is 0.487. The summed E-state index contributed by atoms with van der Waals surface area (Å²) in [5.41, 5.74) is 0.504. The number of pyridine rings is 1. The van der Waals surface area contributed by atoms with E-state index in [-0.39, 0.29) is 0 Å². The monoisotopic (exact) mass is 240 g/mol. The lowest BCUT2D eigenvalue weighted by Gasteiger charge is -2.03. The Balaban J connectivity index is 2.58. The fourth-order valence-electron chi connectivity index (χ4n) is 1.13. The van der Waals surface area contributed by atoms with Crippen LogP contribution in [0.15, 0.2) is 17.3 Å². The molecule has 0 spiro atoms. The summed E-state index contributed by atoms with van der Waals surface area (Å²) in [5.74, 6) is 1.01. The summed E-state index contributed by atoms with van der Waals surface area (Å²) in [5, 5.41) is 10.0. The fraction of sp³-hybridized carbons (Fsp3) is 0.455. The third-order valence-corrected chi connectivity index (χ3v) is 3.53. The maximum atomic E-state index is 8.78. The first-order chi connectivity index (χ1) is 7.29. The smallest absolute Gasteiger partial charge is 0.116 e. The molecule has 1 aromatic rings. The van der Waals surface area contributed by atoms with E-state index < -0.39 is 0 Å². The lowest BCUT2D eigenvalue weighted by molar-refractivity contribution is 0.778. The minimum absolute atomic E-state index is 0.487. The molecule has 1 rings (SSSR count). The van der Waals surface area contributed by atoms with Gasteiger partial charge in [-0.1, -0.05) is 31.4 Å². The molecule has 0 aromatic carbocycles. The van der Waals surface area contributed by atoms with E-state index in [1.807, 2.05) is 0 Å². The molecule has 0 aliphatic rings. The molecule has 0 amide bonds. The van der Waals surface area contributed by atoms with Gasteiger partial charge in [-0.05, 0) is 18.2 Å². The largest absolute Gasteiger partial charge is 0.248 e. The van der Waals surface area contributed by atoms with Gasteiger partial charge in [0.05, 0.1) is 10.6 Å². The number of halogens is 1. The minimum Gasteiger partial charge on any atom is -0.248 e. The molecule has 0 unspecified atom stereocenters. The van der Waals surface area contributed by atoms with Gasteiger partial charge in [0, 0.05) is 6.20 Å². The van der Waals surface area contributed by atoms with Crippen molar-refractivity contribution in [2.45, 2.75) is 31.2 Å². The molecule has 0 saturated carbocycles. The van der Waals surface area contributed by atoms with E-state index in [4.69, 9.17) is 16.9 Å². The molecule has 0 N–H and O–H groups in total. The topological polar surface area (TPSA) is 36.7 Å². The van der Waals surface area contributed by atoms with Gasteiger partial charge in [-0.3, -0.25) is 0 Å². The number of rotatable bonds is 5. The zero-order valence-corrected chi connectivity index (χ0v) is 10.2. The first-order valence-electron chi connectivity index (χ1n) is 4.97. The quantitative estimate of drug-likeness (QED) is 0.579. The Morgan fingerprint density at radius 3 is 3.00 bits per heavy atom. The predicted octanol–water partition coefficient (Wildman–Crippen LogP) is 3.89. The highest BCUT2D eigenvalue weighted by molar-refractivity contribution is 7.99. The van der Waals surface area contributed by atoms with Crippen molar-refractivity contribution >= 4 is 23.4 Å². The molecule has 0 aliphatic heterocycles. The van der Waals surface area contributed by atoms with Crippen molar-refractivity contribution in [3.8, 4) is 6.07 Å². The van der Waals surface area contributed by atoms with Gasteiger partial charge in [0.15, 0.2) is 0 Å². The second kappa shape index (κ2) is 6.71. The average Bonchev–Trinajstić information content (AvgIpc) is 2.26. The van der Waals surface area contributed by atoms with E-state index >= 15 is 0 Å². The molecular weight excluding hydrogens is 228 g/mol. The third-order valence-electron chi connectivity index (χ3n) is 1.96. The first-order valence-corrected chi connectivity index (χ1v) is 6.33. The van der Waals surface area contributed by atoms with E-state index in [0.29, 0.717) is 10.6 Å². The highest BCUT2D eigenvalue weighted by Gasteiger charge is 2.06. The van der Waals surface area contributed by atoms with E-state index in [1.54, 1.807) is 24.0 Å². The van der Waals surface area contributed by atoms with Gasteiger partial charge < -0.3 is 0 Å². The van der Waals surface area contributed by atoms with Gasteiger partial charge in [0.1, 0.15) is 11.1 Å². The highest BCUT2D eigenvalue weighted by Crippen LogP contribution is 2.28. The van der Waals surface area contributed by atoms with Crippen molar-refractivity contribution in [2.75, 3.05) is 5.75 Å². The van der Waals surface area contributed by atoms with Crippen molar-refractivity contribution in [1.82, 2.24) is 4.98 Å². The van der Waals surface area contributed by atoms with Crippen molar-refractivity contribution < 1.29 is 0 Å². The van der Waals surface area contributed by atoms with Gasteiger partial charge in [-0.25, -0.2) is 4.98 Å². The number of hydrogen-bond acceptors (Lipinski definition) is 3. The van der Waals surface area contributed by atoms with Crippen molar-refractivity contribution in [2.24, 2.45) is 0 Å². The SMILES string of the molecule is CCCCCSc1nccc(C#N)c1Cl. The van der Waals surface area contributed by atoms with E-state index in [2.05, 4.69) is 18.0 Å². The van der Waals surface area contributed by atoms with Crippen molar-refractivity contribution in [1.29, 1.82) is 5.26 Å². The van der Waals surface area contributed by atoms with Crippen LogP contribution in [0.25, 0.3) is 0 Å². The molecule has 4 heteroatoms. The molecule has 0 radical (unpaired) electrons. The van der Waals surface area contributed by atoms with Crippen LogP contribution in [-0.2, 0) is 0 Å². The molecule has 2 nitrogen and oxygen atoms in total. The summed E-state index contributed by atoms with van der Waals surface area (Å²) in [6.45, 7) is 2.17. The zero-order valence-electron chi connectivity index (χ0n) is 8.66. The Labute approximate surface area is 99.7 Å². The van der Waals surface area contributed by atoms with Crippen molar-refractivity contribution in [3.05, 3.63) is 22.8 Å². The Bertz CT molecular complexity index is 360. The molecule has 0 bridgehead atoms. The number of nitrogens with zero attached hydrogens (tertiary/aromatic N) is 2. The van der Waals surface area contributed by atoms with Gasteiger partial charge in [0.2, 0.25) is 0 Å². The van der Waals surface area contributed by atoms with Crippen LogP contribution in [0.4, 0.5) is 0 Å². The Morgan fingerprint density at radius 2 is 2.33 bits per heavy atom. The molecule has 1 heterocycles. The highest BCUT2D eigenvalue weighted by atomic mass is 35.5. The molecule has 1 aromatic heterocycles. The van der Waals surface area contributed by atoms with Crippen LogP contribution < -0.4 is 0 Å².